The summed E-state index contributed by atoms with van der Waals surface area (Å²) >= 11 is 1.73. The van der Waals surface area contributed by atoms with E-state index in [1.165, 1.54) is 0 Å². The van der Waals surface area contributed by atoms with Gasteiger partial charge in [0.2, 0.25) is 0 Å². The molecule has 7 heteroatoms. The van der Waals surface area contributed by atoms with Gasteiger partial charge in [0.05, 0.1) is 55.4 Å². The fourth-order valence-electron chi connectivity index (χ4n) is 17.1. The van der Waals surface area contributed by atoms with Crippen LogP contribution in [0.5, 0.6) is 0 Å². The zero-order valence-electron chi connectivity index (χ0n) is 77.5. The number of fused-ring (bicyclic) bond motifs is 16. The summed E-state index contributed by atoms with van der Waals surface area (Å²) in [6.07, 6.45) is 0. The van der Waals surface area contributed by atoms with Crippen LogP contribution in [0.25, 0.3) is 142 Å². The van der Waals surface area contributed by atoms with Crippen molar-refractivity contribution in [1.29, 1.82) is 0 Å². The average Bonchev–Trinajstić information content (AvgIpc) is 1.61. The molecule has 6 heterocycles. The molecule has 109 heavy (non-hydrogen) atoms. The largest absolute Gasteiger partial charge is 0.453 e. The molecule has 15 aromatic carbocycles. The van der Waals surface area contributed by atoms with Crippen LogP contribution in [-0.2, 0) is 16.2 Å². The van der Waals surface area contributed by atoms with Crippen molar-refractivity contribution >= 4 is 154 Å². The molecule has 0 atom stereocenters. The van der Waals surface area contributed by atoms with E-state index in [0.29, 0.717) is 56.4 Å². The molecule has 4 aromatic heterocycles. The van der Waals surface area contributed by atoms with Gasteiger partial charge in [0.1, 0.15) is 5.58 Å². The van der Waals surface area contributed by atoms with Crippen LogP contribution in [0, 0.1) is 0 Å². The van der Waals surface area contributed by atoms with Crippen molar-refractivity contribution in [3.63, 3.8) is 0 Å². The normalized spacial score (nSPS) is 15.2. The number of thiophene rings is 1. The predicted molar refractivity (Wildman–Crippen MR) is 467 cm³/mol. The Balaban J connectivity index is 0.972. The molecule has 0 spiro atoms. The Hall–Kier alpha value is -12.4. The lowest BCUT2D eigenvalue weighted by atomic mass is 9.33. The van der Waals surface area contributed by atoms with Crippen molar-refractivity contribution in [2.45, 2.75) is 78.6 Å². The number of hydrogen-bond donors (Lipinski definition) is 0. The Morgan fingerprint density at radius 3 is 1.28 bits per heavy atom. The maximum atomic E-state index is 9.95. The van der Waals surface area contributed by atoms with Crippen molar-refractivity contribution in [2.75, 3.05) is 9.80 Å². The summed E-state index contributed by atoms with van der Waals surface area (Å²) in [4.78, 5) is 4.57. The third kappa shape index (κ3) is 10.1. The van der Waals surface area contributed by atoms with Gasteiger partial charge in [-0.05, 0) is 156 Å². The summed E-state index contributed by atoms with van der Waals surface area (Å²) in [6, 6.07) is 67.2. The highest BCUT2D eigenvalue weighted by molar-refractivity contribution is 7.26. The van der Waals surface area contributed by atoms with E-state index in [4.69, 9.17) is 9.90 Å². The molecule has 0 saturated heterocycles. The molecule has 0 bridgehead atoms. The van der Waals surface area contributed by atoms with E-state index in [-0.39, 0.29) is 54.4 Å². The van der Waals surface area contributed by atoms with E-state index < -0.39 is 109 Å². The van der Waals surface area contributed by atoms with Crippen molar-refractivity contribution in [3.8, 4) is 55.9 Å². The highest BCUT2D eigenvalue weighted by Crippen LogP contribution is 2.55. The highest BCUT2D eigenvalue weighted by atomic mass is 32.1. The van der Waals surface area contributed by atoms with Crippen LogP contribution in [0.2, 0.25) is 0 Å². The molecule has 0 radical (unpaired) electrons. The number of anilines is 6. The third-order valence-electron chi connectivity index (χ3n) is 22.4. The zero-order valence-corrected chi connectivity index (χ0v) is 62.3. The smallest absolute Gasteiger partial charge is 0.252 e. The van der Waals surface area contributed by atoms with Gasteiger partial charge in [-0.2, -0.15) is 0 Å². The van der Waals surface area contributed by atoms with E-state index >= 15 is 0 Å². The van der Waals surface area contributed by atoms with Gasteiger partial charge in [0.15, 0.2) is 5.58 Å². The summed E-state index contributed by atoms with van der Waals surface area (Å²) in [6.45, 7) is 19.1. The second-order valence-electron chi connectivity index (χ2n) is 32.0. The lowest BCUT2D eigenvalue weighted by Crippen LogP contribution is -2.61. The van der Waals surface area contributed by atoms with Crippen LogP contribution >= 0.6 is 11.3 Å². The van der Waals surface area contributed by atoms with Crippen LogP contribution in [0.1, 0.15) is 101 Å². The first-order chi connectivity index (χ1) is 59.6. The standard InChI is InChI=1S/C102H79BN4OS/c1-100(2,3)66-53-64(54-67(57-66)101(4,5)6)65-55-92-95-93(56-65)107(96-81(62-29-12-10-13-30-62)58-68(102(7,8)9)59-82(96)63-31-14-11-15-32-63)91-61-70(105-87-45-23-18-35-73(87)74-36-19-24-46-88(74)105)50-52-84(91)103(95)83-51-49-69(104-85-43-21-16-33-71(85)72-34-17-22-44-86(72)104)60-90(83)106(92)89-47-28-40-77-76-38-26-39-78(97(76)108-98(77)89)80-42-27-41-79-75-37-20-25-48-94(75)109-99(79)80/h10-61H,1-9H3/i16D,17D,18D,19D,21D,22D,23D,24D,33D,34D,35D,36D,43D,44D,45D,46D. The van der Waals surface area contributed by atoms with Crippen molar-refractivity contribution in [2.24, 2.45) is 0 Å². The van der Waals surface area contributed by atoms with Crippen LogP contribution in [0.15, 0.2) is 319 Å². The third-order valence-corrected chi connectivity index (χ3v) is 23.6. The monoisotopic (exact) mass is 1430 g/mol. The minimum absolute atomic E-state index is 0.0573. The number of aromatic nitrogens is 2. The Morgan fingerprint density at radius 1 is 0.321 bits per heavy atom. The second kappa shape index (κ2) is 24.0. The van der Waals surface area contributed by atoms with E-state index in [1.54, 1.807) is 20.5 Å². The van der Waals surface area contributed by atoms with Gasteiger partial charge in [-0.15, -0.1) is 11.3 Å². The summed E-state index contributed by atoms with van der Waals surface area (Å²) < 4.78 is 166. The number of nitrogens with zero attached hydrogens (tertiary/aromatic N) is 4. The van der Waals surface area contributed by atoms with Crippen LogP contribution < -0.4 is 26.2 Å². The van der Waals surface area contributed by atoms with Gasteiger partial charge in [0, 0.05) is 109 Å². The quantitative estimate of drug-likeness (QED) is 0.142. The van der Waals surface area contributed by atoms with Crippen LogP contribution in [-0.4, -0.2) is 15.8 Å². The summed E-state index contributed by atoms with van der Waals surface area (Å²) in [5, 5.41) is 3.60. The van der Waals surface area contributed by atoms with Gasteiger partial charge in [0.25, 0.3) is 6.71 Å². The second-order valence-corrected chi connectivity index (χ2v) is 33.1. The number of benzene rings is 15. The van der Waals surface area contributed by atoms with E-state index in [2.05, 4.69) is 212 Å². The zero-order chi connectivity index (χ0) is 87.4. The molecule has 21 rings (SSSR count). The maximum Gasteiger partial charge on any atom is 0.252 e. The number of hydrogen-bond acceptors (Lipinski definition) is 4. The fourth-order valence-corrected chi connectivity index (χ4v) is 18.3. The summed E-state index contributed by atoms with van der Waals surface area (Å²) in [5.41, 5.74) is 16.7. The van der Waals surface area contributed by atoms with Crippen molar-refractivity contribution < 1.29 is 26.3 Å². The fraction of sp³-hybridized carbons (Fsp3) is 0.118. The molecular formula is C102H79BN4OS. The van der Waals surface area contributed by atoms with Gasteiger partial charge >= 0.3 is 0 Å². The maximum absolute atomic E-state index is 9.95. The molecule has 522 valence electrons. The van der Waals surface area contributed by atoms with Crippen LogP contribution in [0.4, 0.5) is 34.1 Å². The van der Waals surface area contributed by atoms with E-state index in [1.807, 2.05) is 78.9 Å². The predicted octanol–water partition coefficient (Wildman–Crippen LogP) is 26.8. The molecule has 0 unspecified atom stereocenters. The van der Waals surface area contributed by atoms with Crippen LogP contribution in [0.3, 0.4) is 0 Å². The van der Waals surface area contributed by atoms with Crippen molar-refractivity contribution in [1.82, 2.24) is 9.13 Å². The Bertz CT molecular complexity index is 7780. The molecule has 0 fully saturated rings. The van der Waals surface area contributed by atoms with E-state index in [9.17, 15) is 16.4 Å². The first kappa shape index (κ1) is 50.2. The Kier molecular flexibility index (Phi) is 11.1. The Labute approximate surface area is 662 Å². The van der Waals surface area contributed by atoms with Crippen molar-refractivity contribution in [3.05, 3.63) is 332 Å². The van der Waals surface area contributed by atoms with Gasteiger partial charge < -0.3 is 23.4 Å². The Morgan fingerprint density at radius 2 is 0.752 bits per heavy atom. The van der Waals surface area contributed by atoms with E-state index in [0.717, 1.165) is 109 Å². The lowest BCUT2D eigenvalue weighted by molar-refractivity contribution is 0.569. The molecule has 19 aromatic rings. The highest BCUT2D eigenvalue weighted by Gasteiger charge is 2.46. The minimum Gasteiger partial charge on any atom is -0.453 e. The first-order valence-electron chi connectivity index (χ1n) is 45.0. The van der Waals surface area contributed by atoms with Gasteiger partial charge in [-0.25, -0.2) is 0 Å². The van der Waals surface area contributed by atoms with Gasteiger partial charge in [-0.3, -0.25) is 0 Å². The number of para-hydroxylation sites is 6. The molecule has 2 aliphatic heterocycles. The molecule has 0 amide bonds. The molecular weight excluding hydrogens is 1340 g/mol. The lowest BCUT2D eigenvalue weighted by Gasteiger charge is -2.45. The SMILES string of the molecule is [2H]c1c([2H])c([2H])c2c(c1[2H])c1c([2H])c([2H])c([2H])c([2H])c1n2-c1ccc2c(c1)N(c1c(-c3ccccc3)cc(C(C)(C)C)cc1-c1ccccc1)c1cc(-c3cc(C(C)(C)C)cc(C(C)(C)C)c3)cc3c1B2c1ccc(-n2c4c([2H])c([2H])c([2H])c([2H])c4c4c([2H])c([2H])c([2H])c([2H])c42)cc1N3c1cccc2c1oc1c(-c3cccc4c3sc3ccccc34)cccc12. The topological polar surface area (TPSA) is 29.5 Å². The first-order valence-corrected chi connectivity index (χ1v) is 37.8. The molecule has 0 saturated carbocycles. The molecule has 5 nitrogen and oxygen atoms in total. The minimum atomic E-state index is -0.807. The summed E-state index contributed by atoms with van der Waals surface area (Å²) in [7, 11) is 0. The average molecular weight is 1440 g/mol. The molecule has 0 aliphatic carbocycles. The van der Waals surface area contributed by atoms with Gasteiger partial charge in [-0.1, -0.05) is 293 Å². The molecule has 0 N–H and O–H groups in total. The summed E-state index contributed by atoms with van der Waals surface area (Å²) in [5.74, 6) is 0. The number of rotatable bonds is 8. The molecule has 2 aliphatic rings. The number of furan rings is 1.